The molecule has 1 N–H and O–H groups in total. The minimum atomic E-state index is -0.679. The number of hydrogen-bond acceptors (Lipinski definition) is 1. The standard InChI is InChI=1S/C40H47F2NO/c1-37(2,3)23-40(10,11)27-18-32(24-16-28(41)22-29(42)17-24)36(44)35(21-27)43-33-19-25(38(4,5)6)12-14-30(33)31-15-13-26(20-34(31)43)39(7,8)9/h12-22,44H,23H2,1-11H3. The zero-order valence-corrected chi connectivity index (χ0v) is 28.2. The van der Waals surface area contributed by atoms with E-state index < -0.39 is 11.6 Å². The molecule has 0 saturated heterocycles. The van der Waals surface area contributed by atoms with Crippen LogP contribution < -0.4 is 0 Å². The first-order valence-corrected chi connectivity index (χ1v) is 15.6. The molecule has 1 heterocycles. The Morgan fingerprint density at radius 1 is 0.591 bits per heavy atom. The molecule has 5 aromatic rings. The number of nitrogens with zero attached hydrogens (tertiary/aromatic N) is 1. The van der Waals surface area contributed by atoms with Crippen LogP contribution in [-0.4, -0.2) is 9.67 Å². The van der Waals surface area contributed by atoms with Crippen LogP contribution in [0.15, 0.2) is 66.7 Å². The number of halogens is 2. The number of phenolic OH excluding ortho intramolecular Hbond substituents is 1. The second-order valence-electron chi connectivity index (χ2n) is 16.5. The molecule has 232 valence electrons. The quantitative estimate of drug-likeness (QED) is 0.220. The number of aromatic nitrogens is 1. The van der Waals surface area contributed by atoms with Gasteiger partial charge in [0, 0.05) is 22.4 Å². The predicted octanol–water partition coefficient (Wildman–Crippen LogP) is 11.7. The zero-order chi connectivity index (χ0) is 32.6. The van der Waals surface area contributed by atoms with E-state index in [4.69, 9.17) is 0 Å². The summed E-state index contributed by atoms with van der Waals surface area (Å²) in [6.45, 7) is 24.2. The van der Waals surface area contributed by atoms with Crippen molar-refractivity contribution in [3.05, 3.63) is 95.1 Å². The normalized spacial score (nSPS) is 13.3. The molecule has 0 fully saturated rings. The Kier molecular flexibility index (Phi) is 7.55. The molecule has 0 unspecified atom stereocenters. The molecule has 4 heteroatoms. The van der Waals surface area contributed by atoms with Crippen LogP contribution in [0.1, 0.15) is 99.3 Å². The van der Waals surface area contributed by atoms with Crippen LogP contribution in [0.5, 0.6) is 5.75 Å². The van der Waals surface area contributed by atoms with Crippen LogP contribution in [0.3, 0.4) is 0 Å². The highest BCUT2D eigenvalue weighted by atomic mass is 19.1. The molecule has 1 aromatic heterocycles. The summed E-state index contributed by atoms with van der Waals surface area (Å²) in [5.41, 5.74) is 6.19. The van der Waals surface area contributed by atoms with E-state index in [2.05, 4.69) is 123 Å². The largest absolute Gasteiger partial charge is 0.505 e. The van der Waals surface area contributed by atoms with Crippen molar-refractivity contribution in [2.45, 2.75) is 98.8 Å². The third-order valence-electron chi connectivity index (χ3n) is 8.76. The first kappa shape index (κ1) is 31.8. The summed E-state index contributed by atoms with van der Waals surface area (Å²) in [7, 11) is 0. The first-order valence-electron chi connectivity index (χ1n) is 15.6. The van der Waals surface area contributed by atoms with E-state index in [0.717, 1.165) is 39.9 Å². The molecule has 0 atom stereocenters. The van der Waals surface area contributed by atoms with Crippen molar-refractivity contribution in [3.63, 3.8) is 0 Å². The summed E-state index contributed by atoms with van der Waals surface area (Å²) in [6, 6.07) is 20.6. The molecule has 0 amide bonds. The van der Waals surface area contributed by atoms with Crippen molar-refractivity contribution in [1.29, 1.82) is 0 Å². The van der Waals surface area contributed by atoms with Gasteiger partial charge in [0.1, 0.15) is 17.4 Å². The topological polar surface area (TPSA) is 25.2 Å². The average molecular weight is 596 g/mol. The lowest BCUT2D eigenvalue weighted by Gasteiger charge is -2.34. The van der Waals surface area contributed by atoms with Crippen LogP contribution >= 0.6 is 0 Å². The van der Waals surface area contributed by atoms with Gasteiger partial charge in [-0.05, 0) is 86.7 Å². The number of fused-ring (bicyclic) bond motifs is 3. The Morgan fingerprint density at radius 2 is 1.07 bits per heavy atom. The first-order chi connectivity index (χ1) is 20.2. The van der Waals surface area contributed by atoms with E-state index in [-0.39, 0.29) is 27.4 Å². The van der Waals surface area contributed by atoms with Gasteiger partial charge in [-0.2, -0.15) is 0 Å². The summed E-state index contributed by atoms with van der Waals surface area (Å²) in [6.07, 6.45) is 0.872. The maximum absolute atomic E-state index is 14.6. The van der Waals surface area contributed by atoms with E-state index in [1.165, 1.54) is 23.3 Å². The molecule has 0 aliphatic carbocycles. The molecule has 0 spiro atoms. The third kappa shape index (κ3) is 6.01. The van der Waals surface area contributed by atoms with E-state index in [9.17, 15) is 13.9 Å². The highest BCUT2D eigenvalue weighted by Crippen LogP contribution is 2.46. The second kappa shape index (κ2) is 10.5. The highest BCUT2D eigenvalue weighted by molar-refractivity contribution is 6.10. The molecule has 0 bridgehead atoms. The number of hydrogen-bond donors (Lipinski definition) is 1. The van der Waals surface area contributed by atoms with Gasteiger partial charge < -0.3 is 9.67 Å². The van der Waals surface area contributed by atoms with Gasteiger partial charge in [0.2, 0.25) is 0 Å². The van der Waals surface area contributed by atoms with Crippen molar-refractivity contribution in [3.8, 4) is 22.6 Å². The Balaban J connectivity index is 1.96. The monoisotopic (exact) mass is 595 g/mol. The fourth-order valence-electron chi connectivity index (χ4n) is 6.75. The predicted molar refractivity (Wildman–Crippen MR) is 182 cm³/mol. The zero-order valence-electron chi connectivity index (χ0n) is 28.2. The molecule has 0 aliphatic heterocycles. The van der Waals surface area contributed by atoms with Crippen molar-refractivity contribution < 1.29 is 13.9 Å². The Bertz CT molecular complexity index is 1800. The number of benzene rings is 4. The fraction of sp³-hybridized carbons (Fsp3) is 0.400. The molecule has 5 rings (SSSR count). The van der Waals surface area contributed by atoms with Crippen LogP contribution in [0.2, 0.25) is 0 Å². The van der Waals surface area contributed by atoms with Gasteiger partial charge in [-0.3, -0.25) is 0 Å². The Hall–Kier alpha value is -3.66. The van der Waals surface area contributed by atoms with Gasteiger partial charge >= 0.3 is 0 Å². The van der Waals surface area contributed by atoms with E-state index in [1.807, 2.05) is 6.07 Å². The number of aromatic hydroxyl groups is 1. The summed E-state index contributed by atoms with van der Waals surface area (Å²) >= 11 is 0. The maximum Gasteiger partial charge on any atom is 0.147 e. The van der Waals surface area contributed by atoms with Crippen molar-refractivity contribution in [2.75, 3.05) is 0 Å². The number of rotatable bonds is 4. The summed E-state index contributed by atoms with van der Waals surface area (Å²) in [5.74, 6) is -1.37. The molecular weight excluding hydrogens is 548 g/mol. The Morgan fingerprint density at radius 3 is 1.50 bits per heavy atom. The summed E-state index contributed by atoms with van der Waals surface area (Å²) in [4.78, 5) is 0. The van der Waals surface area contributed by atoms with Gasteiger partial charge in [-0.1, -0.05) is 100 Å². The maximum atomic E-state index is 14.6. The summed E-state index contributed by atoms with van der Waals surface area (Å²) in [5, 5.41) is 14.3. The molecule has 0 aliphatic rings. The van der Waals surface area contributed by atoms with Crippen LogP contribution in [0, 0.1) is 17.0 Å². The molecule has 0 saturated carbocycles. The van der Waals surface area contributed by atoms with Gasteiger partial charge in [-0.15, -0.1) is 0 Å². The molecule has 0 radical (unpaired) electrons. The van der Waals surface area contributed by atoms with Crippen LogP contribution in [-0.2, 0) is 16.2 Å². The lowest BCUT2D eigenvalue weighted by atomic mass is 9.71. The minimum Gasteiger partial charge on any atom is -0.505 e. The average Bonchev–Trinajstić information content (AvgIpc) is 3.18. The molecule has 44 heavy (non-hydrogen) atoms. The van der Waals surface area contributed by atoms with Crippen molar-refractivity contribution in [2.24, 2.45) is 5.41 Å². The summed E-state index contributed by atoms with van der Waals surface area (Å²) < 4.78 is 31.3. The highest BCUT2D eigenvalue weighted by Gasteiger charge is 2.30. The van der Waals surface area contributed by atoms with Gasteiger partial charge in [0.25, 0.3) is 0 Å². The SMILES string of the molecule is CC(C)(C)CC(C)(C)c1cc(-c2cc(F)cc(F)c2)c(O)c(-n2c3cc(C(C)(C)C)ccc3c3ccc(C(C)(C)C)cc32)c1. The van der Waals surface area contributed by atoms with Gasteiger partial charge in [-0.25, -0.2) is 8.78 Å². The Labute approximate surface area is 261 Å². The fourth-order valence-corrected chi connectivity index (χ4v) is 6.75. The minimum absolute atomic E-state index is 0.00793. The van der Waals surface area contributed by atoms with E-state index in [1.54, 1.807) is 0 Å². The van der Waals surface area contributed by atoms with E-state index in [0.29, 0.717) is 16.8 Å². The smallest absolute Gasteiger partial charge is 0.147 e. The van der Waals surface area contributed by atoms with Crippen LogP contribution in [0.25, 0.3) is 38.6 Å². The molecule has 4 aromatic carbocycles. The molecule has 2 nitrogen and oxygen atoms in total. The molecular formula is C40H47F2NO. The van der Waals surface area contributed by atoms with Gasteiger partial charge in [0.05, 0.1) is 16.7 Å². The lowest BCUT2D eigenvalue weighted by molar-refractivity contribution is 0.284. The lowest BCUT2D eigenvalue weighted by Crippen LogP contribution is -2.25. The van der Waals surface area contributed by atoms with Crippen molar-refractivity contribution >= 4 is 21.8 Å². The van der Waals surface area contributed by atoms with Crippen LogP contribution in [0.4, 0.5) is 8.78 Å². The second-order valence-corrected chi connectivity index (χ2v) is 16.5. The van der Waals surface area contributed by atoms with Gasteiger partial charge in [0.15, 0.2) is 0 Å². The van der Waals surface area contributed by atoms with E-state index >= 15 is 0 Å². The number of phenols is 1. The van der Waals surface area contributed by atoms with Crippen molar-refractivity contribution in [1.82, 2.24) is 4.57 Å². The third-order valence-corrected chi connectivity index (χ3v) is 8.76.